The van der Waals surface area contributed by atoms with Crippen LogP contribution >= 0.6 is 0 Å². The van der Waals surface area contributed by atoms with E-state index in [1.165, 1.54) is 0 Å². The van der Waals surface area contributed by atoms with Gasteiger partial charge in [-0.05, 0) is 32.2 Å². The first-order chi connectivity index (χ1) is 5.72. The van der Waals surface area contributed by atoms with Crippen LogP contribution in [0.25, 0.3) is 0 Å². The van der Waals surface area contributed by atoms with E-state index >= 15 is 0 Å². The van der Waals surface area contributed by atoms with Gasteiger partial charge >= 0.3 is 0 Å². The third kappa shape index (κ3) is 3.09. The van der Waals surface area contributed by atoms with Crippen molar-refractivity contribution in [1.82, 2.24) is 4.90 Å². The number of nitrogens with zero attached hydrogens (tertiary/aromatic N) is 1. The van der Waals surface area contributed by atoms with Crippen LogP contribution < -0.4 is 0 Å². The minimum atomic E-state index is -0.248. The van der Waals surface area contributed by atoms with Crippen molar-refractivity contribution >= 4 is 0 Å². The van der Waals surface area contributed by atoms with Crippen molar-refractivity contribution in [3.63, 3.8) is 0 Å². The first-order valence-corrected chi connectivity index (χ1v) is 4.73. The van der Waals surface area contributed by atoms with Crippen LogP contribution in [0.3, 0.4) is 0 Å². The Morgan fingerprint density at radius 1 is 1.58 bits per heavy atom. The molecule has 1 aliphatic rings. The van der Waals surface area contributed by atoms with Crippen molar-refractivity contribution in [3.8, 4) is 0 Å². The Hall–Kier alpha value is -0.120. The Bertz CT molecular complexity index is 128. The van der Waals surface area contributed by atoms with Crippen LogP contribution in [0.2, 0.25) is 0 Å². The van der Waals surface area contributed by atoms with Crippen molar-refractivity contribution in [3.05, 3.63) is 0 Å². The van der Waals surface area contributed by atoms with Crippen LogP contribution in [0.4, 0.5) is 0 Å². The summed E-state index contributed by atoms with van der Waals surface area (Å²) in [6.07, 6.45) is 2.03. The number of piperidine rings is 1. The van der Waals surface area contributed by atoms with E-state index in [9.17, 15) is 0 Å². The number of hydrogen-bond donors (Lipinski definition) is 2. The first kappa shape index (κ1) is 9.96. The molecule has 0 spiro atoms. The number of aliphatic hydroxyl groups is 2. The number of hydrogen-bond acceptors (Lipinski definition) is 3. The zero-order valence-corrected chi connectivity index (χ0v) is 7.74. The fourth-order valence-corrected chi connectivity index (χ4v) is 1.84. The van der Waals surface area contributed by atoms with Gasteiger partial charge in [0.05, 0.1) is 6.10 Å². The SMILES string of the molecule is C[C@@H](O)CN1CCCC(CO)C1. The highest BCUT2D eigenvalue weighted by molar-refractivity contribution is 4.73. The van der Waals surface area contributed by atoms with Gasteiger partial charge in [0.15, 0.2) is 0 Å². The number of β-amino-alcohol motifs (C(OH)–C–C–N with tert-alkyl or cyclic N) is 1. The zero-order valence-electron chi connectivity index (χ0n) is 7.74. The minimum Gasteiger partial charge on any atom is -0.396 e. The molecule has 0 radical (unpaired) electrons. The predicted octanol–water partition coefficient (Wildman–Crippen LogP) is 0.0715. The molecular weight excluding hydrogens is 154 g/mol. The van der Waals surface area contributed by atoms with E-state index in [0.29, 0.717) is 5.92 Å². The zero-order chi connectivity index (χ0) is 8.97. The normalized spacial score (nSPS) is 28.8. The molecule has 0 aromatic rings. The molecule has 1 aliphatic heterocycles. The summed E-state index contributed by atoms with van der Waals surface area (Å²) in [7, 11) is 0. The molecule has 0 aromatic carbocycles. The van der Waals surface area contributed by atoms with E-state index in [4.69, 9.17) is 10.2 Å². The van der Waals surface area contributed by atoms with Gasteiger partial charge in [-0.25, -0.2) is 0 Å². The summed E-state index contributed by atoms with van der Waals surface area (Å²) >= 11 is 0. The molecule has 1 heterocycles. The molecule has 0 aromatic heterocycles. The topological polar surface area (TPSA) is 43.7 Å². The molecule has 3 nitrogen and oxygen atoms in total. The highest BCUT2D eigenvalue weighted by Gasteiger charge is 2.19. The van der Waals surface area contributed by atoms with Gasteiger partial charge in [-0.3, -0.25) is 0 Å². The van der Waals surface area contributed by atoms with Gasteiger partial charge in [0.2, 0.25) is 0 Å². The Morgan fingerprint density at radius 2 is 2.33 bits per heavy atom. The van der Waals surface area contributed by atoms with Gasteiger partial charge < -0.3 is 15.1 Å². The van der Waals surface area contributed by atoms with Crippen molar-refractivity contribution in [2.75, 3.05) is 26.2 Å². The molecule has 12 heavy (non-hydrogen) atoms. The molecule has 1 saturated heterocycles. The Balaban J connectivity index is 2.25. The van der Waals surface area contributed by atoms with E-state index in [-0.39, 0.29) is 12.7 Å². The second kappa shape index (κ2) is 4.80. The Morgan fingerprint density at radius 3 is 2.92 bits per heavy atom. The monoisotopic (exact) mass is 173 g/mol. The predicted molar refractivity (Wildman–Crippen MR) is 47.9 cm³/mol. The third-order valence-corrected chi connectivity index (χ3v) is 2.38. The van der Waals surface area contributed by atoms with Gasteiger partial charge in [0.1, 0.15) is 0 Å². The Labute approximate surface area is 74.0 Å². The van der Waals surface area contributed by atoms with Crippen molar-refractivity contribution in [1.29, 1.82) is 0 Å². The lowest BCUT2D eigenvalue weighted by Crippen LogP contribution is -2.40. The van der Waals surface area contributed by atoms with E-state index in [1.54, 1.807) is 0 Å². The first-order valence-electron chi connectivity index (χ1n) is 4.73. The maximum absolute atomic E-state index is 9.16. The summed E-state index contributed by atoms with van der Waals surface area (Å²) in [5.41, 5.74) is 0. The smallest absolute Gasteiger partial charge is 0.0639 e. The average Bonchev–Trinajstić information content (AvgIpc) is 2.03. The molecule has 1 unspecified atom stereocenters. The van der Waals surface area contributed by atoms with Crippen LogP contribution in [-0.4, -0.2) is 47.5 Å². The number of rotatable bonds is 3. The number of likely N-dealkylation sites (tertiary alicyclic amines) is 1. The van der Waals surface area contributed by atoms with Gasteiger partial charge in [0, 0.05) is 19.7 Å². The summed E-state index contributed by atoms with van der Waals surface area (Å²) in [6, 6.07) is 0. The highest BCUT2D eigenvalue weighted by Crippen LogP contribution is 2.15. The van der Waals surface area contributed by atoms with E-state index < -0.39 is 0 Å². The molecular formula is C9H19NO2. The van der Waals surface area contributed by atoms with Gasteiger partial charge in [-0.15, -0.1) is 0 Å². The molecule has 72 valence electrons. The maximum Gasteiger partial charge on any atom is 0.0639 e. The molecule has 0 aliphatic carbocycles. The van der Waals surface area contributed by atoms with Gasteiger partial charge in [0.25, 0.3) is 0 Å². The fraction of sp³-hybridized carbons (Fsp3) is 1.00. The lowest BCUT2D eigenvalue weighted by molar-refractivity contribution is 0.0754. The lowest BCUT2D eigenvalue weighted by Gasteiger charge is -2.32. The second-order valence-corrected chi connectivity index (χ2v) is 3.80. The molecule has 2 N–H and O–H groups in total. The molecule has 2 atom stereocenters. The molecule has 3 heteroatoms. The van der Waals surface area contributed by atoms with Gasteiger partial charge in [-0.1, -0.05) is 0 Å². The largest absolute Gasteiger partial charge is 0.396 e. The van der Waals surface area contributed by atoms with Crippen LogP contribution in [-0.2, 0) is 0 Å². The van der Waals surface area contributed by atoms with Crippen LogP contribution in [0.15, 0.2) is 0 Å². The molecule has 1 fully saturated rings. The van der Waals surface area contributed by atoms with Crippen LogP contribution in [0, 0.1) is 5.92 Å². The van der Waals surface area contributed by atoms with Crippen molar-refractivity contribution < 1.29 is 10.2 Å². The highest BCUT2D eigenvalue weighted by atomic mass is 16.3. The standard InChI is InChI=1S/C9H19NO2/c1-8(12)5-10-4-2-3-9(6-10)7-11/h8-9,11-12H,2-7H2,1H3/t8-,9?/m1/s1. The van der Waals surface area contributed by atoms with Crippen LogP contribution in [0.1, 0.15) is 19.8 Å². The summed E-state index contributed by atoms with van der Waals surface area (Å²) in [5, 5.41) is 18.1. The summed E-state index contributed by atoms with van der Waals surface area (Å²) in [4.78, 5) is 2.23. The maximum atomic E-state index is 9.16. The number of aliphatic hydroxyl groups excluding tert-OH is 2. The van der Waals surface area contributed by atoms with Gasteiger partial charge in [-0.2, -0.15) is 0 Å². The van der Waals surface area contributed by atoms with Crippen molar-refractivity contribution in [2.45, 2.75) is 25.9 Å². The van der Waals surface area contributed by atoms with Crippen LogP contribution in [0.5, 0.6) is 0 Å². The summed E-state index contributed by atoms with van der Waals surface area (Å²) in [6.45, 7) is 4.86. The molecule has 1 rings (SSSR count). The van der Waals surface area contributed by atoms with E-state index in [2.05, 4.69) is 4.90 Å². The molecule has 0 bridgehead atoms. The summed E-state index contributed by atoms with van der Waals surface area (Å²) in [5.74, 6) is 0.428. The fourth-order valence-electron chi connectivity index (χ4n) is 1.84. The summed E-state index contributed by atoms with van der Waals surface area (Å²) < 4.78 is 0. The minimum absolute atomic E-state index is 0.248. The second-order valence-electron chi connectivity index (χ2n) is 3.80. The molecule has 0 amide bonds. The molecule has 0 saturated carbocycles. The van der Waals surface area contributed by atoms with Crippen molar-refractivity contribution in [2.24, 2.45) is 5.92 Å². The quantitative estimate of drug-likeness (QED) is 0.635. The lowest BCUT2D eigenvalue weighted by atomic mass is 9.99. The van der Waals surface area contributed by atoms with E-state index in [0.717, 1.165) is 32.5 Å². The third-order valence-electron chi connectivity index (χ3n) is 2.38. The van der Waals surface area contributed by atoms with E-state index in [1.807, 2.05) is 6.92 Å². The average molecular weight is 173 g/mol. The Kier molecular flexibility index (Phi) is 3.98.